The van der Waals surface area contributed by atoms with Gasteiger partial charge in [0.1, 0.15) is 4.38 Å². The summed E-state index contributed by atoms with van der Waals surface area (Å²) in [5.41, 5.74) is 0. The van der Waals surface area contributed by atoms with Gasteiger partial charge in [0.2, 0.25) is 5.91 Å². The number of aliphatic imine (C=N–C) groups is 1. The lowest BCUT2D eigenvalue weighted by molar-refractivity contribution is -0.128. The molecular weight excluding hydrogens is 228 g/mol. The molecule has 1 atom stereocenters. The fraction of sp³-hybridized carbons (Fsp3) is 0.800. The van der Waals surface area contributed by atoms with Crippen LogP contribution in [0, 0.1) is 0 Å². The summed E-state index contributed by atoms with van der Waals surface area (Å²) in [7, 11) is 3.60. The van der Waals surface area contributed by atoms with Crippen molar-refractivity contribution in [1.82, 2.24) is 4.90 Å². The molecule has 0 N–H and O–H groups in total. The van der Waals surface area contributed by atoms with Crippen LogP contribution < -0.4 is 0 Å². The maximum Gasteiger partial charge on any atom is 0.222 e. The summed E-state index contributed by atoms with van der Waals surface area (Å²) in [5, 5.41) is 0. The first-order chi connectivity index (χ1) is 7.09. The van der Waals surface area contributed by atoms with Crippen molar-refractivity contribution in [3.63, 3.8) is 0 Å². The predicted molar refractivity (Wildman–Crippen MR) is 69.7 cm³/mol. The molecule has 0 aromatic carbocycles. The highest BCUT2D eigenvalue weighted by atomic mass is 32.2. The Morgan fingerprint density at radius 3 is 2.93 bits per heavy atom. The molecule has 3 nitrogen and oxygen atoms in total. The van der Waals surface area contributed by atoms with Crippen molar-refractivity contribution in [2.75, 3.05) is 25.6 Å². The second kappa shape index (κ2) is 6.43. The summed E-state index contributed by atoms with van der Waals surface area (Å²) in [4.78, 5) is 17.4. The third-order valence-corrected chi connectivity index (χ3v) is 4.59. The summed E-state index contributed by atoms with van der Waals surface area (Å²) >= 11 is 3.62. The van der Waals surface area contributed by atoms with E-state index in [0.29, 0.717) is 12.5 Å². The van der Waals surface area contributed by atoms with Gasteiger partial charge in [-0.2, -0.15) is 0 Å². The van der Waals surface area contributed by atoms with Crippen molar-refractivity contribution in [2.24, 2.45) is 4.99 Å². The largest absolute Gasteiger partial charge is 0.349 e. The minimum Gasteiger partial charge on any atom is -0.349 e. The predicted octanol–water partition coefficient (Wildman–Crippen LogP) is 2.08. The molecule has 0 aromatic rings. The van der Waals surface area contributed by atoms with Gasteiger partial charge in [0, 0.05) is 32.0 Å². The van der Waals surface area contributed by atoms with Crippen LogP contribution in [0.15, 0.2) is 4.99 Å². The van der Waals surface area contributed by atoms with E-state index in [1.54, 1.807) is 30.8 Å². The molecule has 1 rings (SSSR count). The second-order valence-electron chi connectivity index (χ2n) is 3.80. The van der Waals surface area contributed by atoms with Crippen LogP contribution in [-0.2, 0) is 4.79 Å². The third-order valence-electron chi connectivity index (χ3n) is 2.03. The molecule has 0 fully saturated rings. The lowest BCUT2D eigenvalue weighted by Gasteiger charge is -2.09. The second-order valence-corrected chi connectivity index (χ2v) is 6.15. The lowest BCUT2D eigenvalue weighted by Crippen LogP contribution is -2.21. The van der Waals surface area contributed by atoms with Crippen LogP contribution in [0.5, 0.6) is 0 Å². The van der Waals surface area contributed by atoms with Gasteiger partial charge in [-0.25, -0.2) is 0 Å². The van der Waals surface area contributed by atoms with E-state index in [4.69, 9.17) is 0 Å². The van der Waals surface area contributed by atoms with Gasteiger partial charge in [-0.05, 0) is 13.3 Å². The number of nitrogens with zero attached hydrogens (tertiary/aromatic N) is 2. The number of hydrogen-bond donors (Lipinski definition) is 0. The maximum atomic E-state index is 11.3. The quantitative estimate of drug-likeness (QED) is 0.712. The number of thioether (sulfide) groups is 2. The molecule has 0 bridgehead atoms. The summed E-state index contributed by atoms with van der Waals surface area (Å²) in [6, 6.07) is 0.473. The van der Waals surface area contributed by atoms with E-state index in [1.807, 2.05) is 11.8 Å². The van der Waals surface area contributed by atoms with E-state index in [9.17, 15) is 4.79 Å². The summed E-state index contributed by atoms with van der Waals surface area (Å²) < 4.78 is 1.19. The van der Waals surface area contributed by atoms with Crippen LogP contribution in [-0.4, -0.2) is 46.8 Å². The highest BCUT2D eigenvalue weighted by Crippen LogP contribution is 2.26. The number of hydrogen-bond acceptors (Lipinski definition) is 4. The zero-order valence-electron chi connectivity index (χ0n) is 9.52. The molecule has 0 unspecified atom stereocenters. The van der Waals surface area contributed by atoms with Crippen LogP contribution in [0.2, 0.25) is 0 Å². The molecule has 1 aliphatic heterocycles. The van der Waals surface area contributed by atoms with Crippen molar-refractivity contribution in [3.05, 3.63) is 0 Å². The Morgan fingerprint density at radius 2 is 2.40 bits per heavy atom. The van der Waals surface area contributed by atoms with E-state index >= 15 is 0 Å². The Labute approximate surface area is 100 Å². The van der Waals surface area contributed by atoms with Crippen molar-refractivity contribution in [3.8, 4) is 0 Å². The first-order valence-corrected chi connectivity index (χ1v) is 7.10. The number of rotatable bonds is 4. The van der Waals surface area contributed by atoms with E-state index in [1.165, 1.54) is 4.38 Å². The average Bonchev–Trinajstić information content (AvgIpc) is 2.58. The van der Waals surface area contributed by atoms with Gasteiger partial charge >= 0.3 is 0 Å². The smallest absolute Gasteiger partial charge is 0.222 e. The van der Waals surface area contributed by atoms with Crippen molar-refractivity contribution in [2.45, 2.75) is 25.8 Å². The van der Waals surface area contributed by atoms with Gasteiger partial charge in [0.15, 0.2) is 0 Å². The fourth-order valence-corrected chi connectivity index (χ4v) is 3.35. The first-order valence-electron chi connectivity index (χ1n) is 5.13. The molecular formula is C10H18N2OS2. The molecule has 0 aromatic heterocycles. The van der Waals surface area contributed by atoms with E-state index < -0.39 is 0 Å². The molecule has 0 radical (unpaired) electrons. The van der Waals surface area contributed by atoms with Crippen LogP contribution >= 0.6 is 23.5 Å². The maximum absolute atomic E-state index is 11.3. The Bertz CT molecular complexity index is 254. The molecule has 1 heterocycles. The summed E-state index contributed by atoms with van der Waals surface area (Å²) in [5.74, 6) is 2.32. The van der Waals surface area contributed by atoms with E-state index in [0.717, 1.165) is 17.9 Å². The Balaban J connectivity index is 2.07. The van der Waals surface area contributed by atoms with Crippen LogP contribution in [0.3, 0.4) is 0 Å². The Hall–Kier alpha value is -0.160. The average molecular weight is 246 g/mol. The Morgan fingerprint density at radius 1 is 1.67 bits per heavy atom. The van der Waals surface area contributed by atoms with Gasteiger partial charge in [-0.1, -0.05) is 23.5 Å². The fourth-order valence-electron chi connectivity index (χ4n) is 1.13. The molecule has 86 valence electrons. The monoisotopic (exact) mass is 246 g/mol. The number of amides is 1. The van der Waals surface area contributed by atoms with E-state index in [2.05, 4.69) is 11.9 Å². The standard InChI is InChI=1S/C10H18N2OS2/c1-8-7-15-10(11-8)14-6-4-5-9(13)12(2)3/h8H,4-7H2,1-3H3/t8-/m0/s1. The van der Waals surface area contributed by atoms with Crippen LogP contribution in [0.1, 0.15) is 19.8 Å². The zero-order valence-corrected chi connectivity index (χ0v) is 11.2. The molecule has 0 saturated heterocycles. The normalized spacial score (nSPS) is 20.2. The minimum atomic E-state index is 0.213. The molecule has 1 amide bonds. The van der Waals surface area contributed by atoms with Gasteiger partial charge in [0.05, 0.1) is 6.04 Å². The van der Waals surface area contributed by atoms with Crippen LogP contribution in [0.25, 0.3) is 0 Å². The minimum absolute atomic E-state index is 0.213. The van der Waals surface area contributed by atoms with Gasteiger partial charge < -0.3 is 4.90 Å². The van der Waals surface area contributed by atoms with Crippen molar-refractivity contribution >= 4 is 33.8 Å². The summed E-state index contributed by atoms with van der Waals surface area (Å²) in [6.45, 7) is 2.14. The van der Waals surface area contributed by atoms with E-state index in [-0.39, 0.29) is 5.91 Å². The summed E-state index contributed by atoms with van der Waals surface area (Å²) in [6.07, 6.45) is 1.59. The zero-order chi connectivity index (χ0) is 11.3. The number of carbonyl (C=O) groups is 1. The Kier molecular flexibility index (Phi) is 5.53. The number of carbonyl (C=O) groups excluding carboxylic acids is 1. The topological polar surface area (TPSA) is 32.7 Å². The van der Waals surface area contributed by atoms with Gasteiger partial charge in [-0.3, -0.25) is 9.79 Å². The lowest BCUT2D eigenvalue weighted by atomic mass is 10.3. The van der Waals surface area contributed by atoms with Crippen molar-refractivity contribution < 1.29 is 4.79 Å². The van der Waals surface area contributed by atoms with Gasteiger partial charge in [0.25, 0.3) is 0 Å². The molecule has 1 aliphatic rings. The van der Waals surface area contributed by atoms with Gasteiger partial charge in [-0.15, -0.1) is 0 Å². The highest BCUT2D eigenvalue weighted by Gasteiger charge is 2.13. The van der Waals surface area contributed by atoms with Crippen molar-refractivity contribution in [1.29, 1.82) is 0 Å². The molecule has 15 heavy (non-hydrogen) atoms. The SMILES string of the molecule is C[C@H]1CSC(SCCCC(=O)N(C)C)=N1. The molecule has 0 aliphatic carbocycles. The molecule has 0 saturated carbocycles. The van der Waals surface area contributed by atoms with Crippen LogP contribution in [0.4, 0.5) is 0 Å². The highest BCUT2D eigenvalue weighted by molar-refractivity contribution is 8.39. The molecule has 0 spiro atoms. The first kappa shape index (κ1) is 12.9. The molecule has 5 heteroatoms. The third kappa shape index (κ3) is 4.93.